The summed E-state index contributed by atoms with van der Waals surface area (Å²) in [5, 5.41) is 0. The fourth-order valence-corrected chi connectivity index (χ4v) is 1.86. The van der Waals surface area contributed by atoms with Gasteiger partial charge >= 0.3 is 0 Å². The second-order valence-corrected chi connectivity index (χ2v) is 4.84. The first-order chi connectivity index (χ1) is 7.60. The van der Waals surface area contributed by atoms with Gasteiger partial charge in [-0.25, -0.2) is 0 Å². The lowest BCUT2D eigenvalue weighted by Crippen LogP contribution is -2.36. The largest absolute Gasteiger partial charge is 0.338 e. The molecule has 1 amide bonds. The number of nitrogens with zero attached hydrogens (tertiary/aromatic N) is 1. The third kappa shape index (κ3) is 3.16. The van der Waals surface area contributed by atoms with Crippen molar-refractivity contribution in [3.63, 3.8) is 0 Å². The maximum atomic E-state index is 12.0. The van der Waals surface area contributed by atoms with E-state index in [1.807, 2.05) is 37.4 Å². The average Bonchev–Trinajstić information content (AvgIpc) is 2.36. The van der Waals surface area contributed by atoms with Crippen LogP contribution < -0.4 is 0 Å². The van der Waals surface area contributed by atoms with E-state index in [0.29, 0.717) is 11.4 Å². The van der Waals surface area contributed by atoms with E-state index in [9.17, 15) is 4.79 Å². The van der Waals surface area contributed by atoms with Crippen molar-refractivity contribution in [2.24, 2.45) is 0 Å². The monoisotopic (exact) mass is 257 g/mol. The predicted octanol–water partition coefficient (Wildman–Crippen LogP) is 3.11. The molecule has 1 aromatic rings. The van der Waals surface area contributed by atoms with Crippen LogP contribution in [0.3, 0.4) is 0 Å². The van der Waals surface area contributed by atoms with Crippen molar-refractivity contribution in [3.8, 4) is 0 Å². The van der Waals surface area contributed by atoms with E-state index in [1.54, 1.807) is 23.7 Å². The Morgan fingerprint density at radius 2 is 2.00 bits per heavy atom. The molecule has 1 rings (SSSR count). The fraction of sp³-hybridized carbons (Fsp3) is 0.417. The topological polar surface area (TPSA) is 20.3 Å². The molecule has 0 N–H and O–H groups in total. The van der Waals surface area contributed by atoms with E-state index in [0.717, 1.165) is 4.90 Å². The number of carbonyl (C=O) groups excluding carboxylic acids is 1. The first-order valence-corrected chi connectivity index (χ1v) is 6.83. The Kier molecular flexibility index (Phi) is 5.16. The Morgan fingerprint density at radius 3 is 2.44 bits per heavy atom. The number of alkyl halides is 1. The van der Waals surface area contributed by atoms with Gasteiger partial charge in [0.15, 0.2) is 0 Å². The Balaban J connectivity index is 2.80. The van der Waals surface area contributed by atoms with Crippen LogP contribution in [0.15, 0.2) is 29.2 Å². The third-order valence-corrected chi connectivity index (χ3v) is 3.73. The summed E-state index contributed by atoms with van der Waals surface area (Å²) in [6.45, 7) is 1.93. The third-order valence-electron chi connectivity index (χ3n) is 2.54. The van der Waals surface area contributed by atoms with Gasteiger partial charge in [0.1, 0.15) is 0 Å². The van der Waals surface area contributed by atoms with Crippen molar-refractivity contribution in [3.05, 3.63) is 29.8 Å². The van der Waals surface area contributed by atoms with Gasteiger partial charge < -0.3 is 4.90 Å². The maximum absolute atomic E-state index is 12.0. The van der Waals surface area contributed by atoms with Crippen molar-refractivity contribution in [2.45, 2.75) is 17.9 Å². The minimum atomic E-state index is 0.0146. The number of thioether (sulfide) groups is 1. The highest BCUT2D eigenvalue weighted by molar-refractivity contribution is 7.98. The summed E-state index contributed by atoms with van der Waals surface area (Å²) in [6.07, 6.45) is 2.01. The minimum absolute atomic E-state index is 0.0146. The molecular formula is C12H16ClNOS. The standard InChI is InChI=1S/C12H16ClNOS/c1-9(8-13)14(2)12(15)10-4-6-11(16-3)7-5-10/h4-7,9H,8H2,1-3H3. The van der Waals surface area contributed by atoms with Crippen LogP contribution >= 0.6 is 23.4 Å². The summed E-state index contributed by atoms with van der Waals surface area (Å²) in [6, 6.07) is 7.67. The SMILES string of the molecule is CSc1ccc(C(=O)N(C)C(C)CCl)cc1. The van der Waals surface area contributed by atoms with Gasteiger partial charge in [0, 0.05) is 29.4 Å². The number of rotatable bonds is 4. The molecule has 88 valence electrons. The molecule has 0 aromatic heterocycles. The number of amides is 1. The summed E-state index contributed by atoms with van der Waals surface area (Å²) in [4.78, 5) is 14.8. The smallest absolute Gasteiger partial charge is 0.253 e. The molecule has 0 saturated heterocycles. The van der Waals surface area contributed by atoms with E-state index in [2.05, 4.69) is 0 Å². The van der Waals surface area contributed by atoms with Gasteiger partial charge in [0.05, 0.1) is 0 Å². The van der Waals surface area contributed by atoms with Gasteiger partial charge in [-0.05, 0) is 37.4 Å². The summed E-state index contributed by atoms with van der Waals surface area (Å²) >= 11 is 7.39. The van der Waals surface area contributed by atoms with Gasteiger partial charge in [0.2, 0.25) is 0 Å². The van der Waals surface area contributed by atoms with Crippen LogP contribution in [0.25, 0.3) is 0 Å². The average molecular weight is 258 g/mol. The van der Waals surface area contributed by atoms with Gasteiger partial charge in [-0.1, -0.05) is 0 Å². The zero-order chi connectivity index (χ0) is 12.1. The van der Waals surface area contributed by atoms with Crippen molar-refractivity contribution < 1.29 is 4.79 Å². The Hall–Kier alpha value is -0.670. The second-order valence-electron chi connectivity index (χ2n) is 3.65. The van der Waals surface area contributed by atoms with Crippen molar-refractivity contribution >= 4 is 29.3 Å². The molecule has 16 heavy (non-hydrogen) atoms. The van der Waals surface area contributed by atoms with Crippen LogP contribution in [0, 0.1) is 0 Å². The zero-order valence-corrected chi connectivity index (χ0v) is 11.3. The quantitative estimate of drug-likeness (QED) is 0.610. The molecule has 0 spiro atoms. The molecule has 1 aromatic carbocycles. The summed E-state index contributed by atoms with van der Waals surface area (Å²) in [7, 11) is 1.78. The summed E-state index contributed by atoms with van der Waals surface area (Å²) in [5.41, 5.74) is 0.706. The Bertz CT molecular complexity index is 353. The number of carbonyl (C=O) groups is 1. The number of benzene rings is 1. The first-order valence-electron chi connectivity index (χ1n) is 5.07. The lowest BCUT2D eigenvalue weighted by molar-refractivity contribution is 0.0756. The van der Waals surface area contributed by atoms with Crippen molar-refractivity contribution in [2.75, 3.05) is 19.2 Å². The lowest BCUT2D eigenvalue weighted by atomic mass is 10.2. The summed E-state index contributed by atoms with van der Waals surface area (Å²) in [5.74, 6) is 0.464. The number of hydrogen-bond acceptors (Lipinski definition) is 2. The molecule has 0 aliphatic carbocycles. The molecule has 1 atom stereocenters. The Labute approximate surface area is 106 Å². The lowest BCUT2D eigenvalue weighted by Gasteiger charge is -2.23. The zero-order valence-electron chi connectivity index (χ0n) is 9.74. The van der Waals surface area contributed by atoms with Crippen molar-refractivity contribution in [1.82, 2.24) is 4.90 Å². The van der Waals surface area contributed by atoms with Gasteiger partial charge in [0.25, 0.3) is 5.91 Å². The van der Waals surface area contributed by atoms with Crippen LogP contribution in [0.5, 0.6) is 0 Å². The summed E-state index contributed by atoms with van der Waals surface area (Å²) < 4.78 is 0. The Morgan fingerprint density at radius 1 is 1.44 bits per heavy atom. The second kappa shape index (κ2) is 6.16. The van der Waals surface area contributed by atoms with Gasteiger partial charge in [-0.3, -0.25) is 4.79 Å². The van der Waals surface area contributed by atoms with Crippen LogP contribution in [0.4, 0.5) is 0 Å². The predicted molar refractivity (Wildman–Crippen MR) is 70.5 cm³/mol. The highest BCUT2D eigenvalue weighted by Crippen LogP contribution is 2.16. The molecule has 0 heterocycles. The van der Waals surface area contributed by atoms with E-state index >= 15 is 0 Å². The van der Waals surface area contributed by atoms with Gasteiger partial charge in [-0.2, -0.15) is 0 Å². The van der Waals surface area contributed by atoms with Crippen LogP contribution in [0.2, 0.25) is 0 Å². The van der Waals surface area contributed by atoms with E-state index < -0.39 is 0 Å². The van der Waals surface area contributed by atoms with E-state index in [4.69, 9.17) is 11.6 Å². The highest BCUT2D eigenvalue weighted by Gasteiger charge is 2.16. The molecule has 1 unspecified atom stereocenters. The molecule has 0 aliphatic heterocycles. The normalized spacial score (nSPS) is 12.2. The molecule has 0 bridgehead atoms. The minimum Gasteiger partial charge on any atom is -0.338 e. The molecule has 0 aliphatic rings. The van der Waals surface area contributed by atoms with E-state index in [1.165, 1.54) is 0 Å². The maximum Gasteiger partial charge on any atom is 0.253 e. The first kappa shape index (κ1) is 13.4. The van der Waals surface area contributed by atoms with Gasteiger partial charge in [-0.15, -0.1) is 23.4 Å². The molecule has 0 radical (unpaired) electrons. The molecular weight excluding hydrogens is 242 g/mol. The van der Waals surface area contributed by atoms with Crippen LogP contribution in [-0.2, 0) is 0 Å². The fourth-order valence-electron chi connectivity index (χ4n) is 1.24. The molecule has 2 nitrogen and oxygen atoms in total. The van der Waals surface area contributed by atoms with E-state index in [-0.39, 0.29) is 11.9 Å². The van der Waals surface area contributed by atoms with Crippen molar-refractivity contribution in [1.29, 1.82) is 0 Å². The number of hydrogen-bond donors (Lipinski definition) is 0. The molecule has 0 fully saturated rings. The van der Waals surface area contributed by atoms with Crippen LogP contribution in [0.1, 0.15) is 17.3 Å². The highest BCUT2D eigenvalue weighted by atomic mass is 35.5. The molecule has 4 heteroatoms. The van der Waals surface area contributed by atoms with Crippen LogP contribution in [-0.4, -0.2) is 36.0 Å². The number of halogens is 1. The molecule has 0 saturated carbocycles.